The Hall–Kier alpha value is -2.05. The number of benzene rings is 1. The van der Waals surface area contributed by atoms with E-state index < -0.39 is 12.1 Å². The van der Waals surface area contributed by atoms with E-state index in [1.807, 2.05) is 27.7 Å². The van der Waals surface area contributed by atoms with Crippen molar-refractivity contribution in [2.45, 2.75) is 47.1 Å². The van der Waals surface area contributed by atoms with Crippen LogP contribution in [-0.2, 0) is 20.7 Å². The maximum atomic E-state index is 12.3. The van der Waals surface area contributed by atoms with Crippen LogP contribution in [0.5, 0.6) is 0 Å². The normalized spacial score (nSPS) is 12.1. The molecule has 0 aliphatic carbocycles. The van der Waals surface area contributed by atoms with Crippen LogP contribution >= 0.6 is 23.2 Å². The molecule has 8 heteroatoms. The van der Waals surface area contributed by atoms with Crippen LogP contribution in [0, 0.1) is 19.8 Å². The van der Waals surface area contributed by atoms with Gasteiger partial charge in [-0.3, -0.25) is 9.59 Å². The average Bonchev–Trinajstić information content (AvgIpc) is 2.90. The molecule has 2 rings (SSSR count). The van der Waals surface area contributed by atoms with E-state index in [2.05, 4.69) is 10.4 Å². The fraction of sp³-hybridized carbons (Fsp3) is 0.450. The van der Waals surface area contributed by atoms with E-state index in [4.69, 9.17) is 27.9 Å². The maximum absolute atomic E-state index is 12.3. The zero-order valence-corrected chi connectivity index (χ0v) is 18.2. The average molecular weight is 426 g/mol. The van der Waals surface area contributed by atoms with Gasteiger partial charge < -0.3 is 10.1 Å². The zero-order valence-electron chi connectivity index (χ0n) is 16.7. The molecule has 28 heavy (non-hydrogen) atoms. The van der Waals surface area contributed by atoms with E-state index in [1.165, 1.54) is 0 Å². The Labute approximate surface area is 175 Å². The first kappa shape index (κ1) is 22.2. The van der Waals surface area contributed by atoms with Crippen molar-refractivity contribution in [3.8, 4) is 5.69 Å². The Morgan fingerprint density at radius 3 is 2.46 bits per heavy atom. The zero-order chi connectivity index (χ0) is 21.0. The number of halogens is 2. The van der Waals surface area contributed by atoms with Gasteiger partial charge in [0.1, 0.15) is 0 Å². The number of hydrogen-bond donors (Lipinski definition) is 1. The summed E-state index contributed by atoms with van der Waals surface area (Å²) in [4.78, 5) is 24.3. The minimum absolute atomic E-state index is 0.0286. The van der Waals surface area contributed by atoms with Gasteiger partial charge in [-0.05, 0) is 44.9 Å². The van der Waals surface area contributed by atoms with Gasteiger partial charge in [-0.1, -0.05) is 37.0 Å². The van der Waals surface area contributed by atoms with E-state index in [0.717, 1.165) is 16.9 Å². The SMILES string of the molecule is Cc1nn(-c2ccc(Cl)c(Cl)c2)c(C)c1CC(=O)OC(C)C(=O)NCC(C)C. The third kappa shape index (κ3) is 5.49. The Kier molecular flexibility index (Phi) is 7.49. The van der Waals surface area contributed by atoms with Crippen molar-refractivity contribution in [3.05, 3.63) is 45.2 Å². The minimum atomic E-state index is -0.850. The summed E-state index contributed by atoms with van der Waals surface area (Å²) < 4.78 is 6.99. The van der Waals surface area contributed by atoms with Crippen LogP contribution in [0.2, 0.25) is 10.0 Å². The highest BCUT2D eigenvalue weighted by Crippen LogP contribution is 2.26. The van der Waals surface area contributed by atoms with Crippen molar-refractivity contribution < 1.29 is 14.3 Å². The van der Waals surface area contributed by atoms with Crippen LogP contribution in [-0.4, -0.2) is 34.3 Å². The van der Waals surface area contributed by atoms with Gasteiger partial charge in [0, 0.05) is 17.8 Å². The van der Waals surface area contributed by atoms with E-state index in [-0.39, 0.29) is 12.3 Å². The Bertz CT molecular complexity index is 878. The number of amides is 1. The van der Waals surface area contributed by atoms with Crippen molar-refractivity contribution in [2.75, 3.05) is 6.54 Å². The van der Waals surface area contributed by atoms with Gasteiger partial charge in [-0.15, -0.1) is 0 Å². The fourth-order valence-electron chi connectivity index (χ4n) is 2.68. The second kappa shape index (κ2) is 9.43. The molecule has 0 aliphatic heterocycles. The predicted molar refractivity (Wildman–Crippen MR) is 110 cm³/mol. The number of carbonyl (C=O) groups excluding carboxylic acids is 2. The van der Waals surface area contributed by atoms with Crippen LogP contribution in [0.15, 0.2) is 18.2 Å². The van der Waals surface area contributed by atoms with Crippen LogP contribution in [0.1, 0.15) is 37.7 Å². The van der Waals surface area contributed by atoms with E-state index in [0.29, 0.717) is 28.2 Å². The molecule has 1 aromatic carbocycles. The van der Waals surface area contributed by atoms with Gasteiger partial charge in [0.2, 0.25) is 0 Å². The summed E-state index contributed by atoms with van der Waals surface area (Å²) in [6.07, 6.45) is -0.821. The lowest BCUT2D eigenvalue weighted by molar-refractivity contribution is -0.154. The number of hydrogen-bond acceptors (Lipinski definition) is 4. The van der Waals surface area contributed by atoms with Gasteiger partial charge in [0.25, 0.3) is 5.91 Å². The first-order valence-corrected chi connectivity index (χ1v) is 9.83. The minimum Gasteiger partial charge on any atom is -0.452 e. The monoisotopic (exact) mass is 425 g/mol. The lowest BCUT2D eigenvalue weighted by Crippen LogP contribution is -2.37. The smallest absolute Gasteiger partial charge is 0.311 e. The second-order valence-corrected chi connectivity index (χ2v) is 7.92. The fourth-order valence-corrected chi connectivity index (χ4v) is 2.98. The molecule has 0 saturated heterocycles. The Morgan fingerprint density at radius 2 is 1.86 bits per heavy atom. The summed E-state index contributed by atoms with van der Waals surface area (Å²) >= 11 is 12.1. The molecular weight excluding hydrogens is 401 g/mol. The van der Waals surface area contributed by atoms with Crippen molar-refractivity contribution in [1.82, 2.24) is 15.1 Å². The number of ether oxygens (including phenoxy) is 1. The maximum Gasteiger partial charge on any atom is 0.311 e. The summed E-state index contributed by atoms with van der Waals surface area (Å²) in [6.45, 7) is 9.77. The molecule has 1 aromatic heterocycles. The highest BCUT2D eigenvalue weighted by Gasteiger charge is 2.21. The molecule has 1 unspecified atom stereocenters. The topological polar surface area (TPSA) is 73.2 Å². The molecule has 0 radical (unpaired) electrons. The molecule has 6 nitrogen and oxygen atoms in total. The van der Waals surface area contributed by atoms with Crippen molar-refractivity contribution >= 4 is 35.1 Å². The third-order valence-corrected chi connectivity index (χ3v) is 5.01. The summed E-state index contributed by atoms with van der Waals surface area (Å²) in [5.41, 5.74) is 3.00. The molecule has 0 saturated carbocycles. The molecule has 1 heterocycles. The molecule has 1 amide bonds. The molecular formula is C20H25Cl2N3O3. The van der Waals surface area contributed by atoms with Crippen LogP contribution in [0.3, 0.4) is 0 Å². The molecule has 1 atom stereocenters. The summed E-state index contributed by atoms with van der Waals surface area (Å²) in [5, 5.41) is 8.13. The summed E-state index contributed by atoms with van der Waals surface area (Å²) in [5.74, 6) is -0.460. The first-order chi connectivity index (χ1) is 13.1. The lowest BCUT2D eigenvalue weighted by Gasteiger charge is -2.14. The van der Waals surface area contributed by atoms with Gasteiger partial charge in [0.05, 0.1) is 27.8 Å². The molecule has 0 bridgehead atoms. The van der Waals surface area contributed by atoms with Crippen molar-refractivity contribution in [2.24, 2.45) is 5.92 Å². The predicted octanol–water partition coefficient (Wildman–Crippen LogP) is 4.04. The van der Waals surface area contributed by atoms with Gasteiger partial charge in [-0.25, -0.2) is 4.68 Å². The molecule has 152 valence electrons. The van der Waals surface area contributed by atoms with E-state index in [1.54, 1.807) is 29.8 Å². The quantitative estimate of drug-likeness (QED) is 0.679. The highest BCUT2D eigenvalue weighted by atomic mass is 35.5. The largest absolute Gasteiger partial charge is 0.452 e. The molecule has 0 spiro atoms. The van der Waals surface area contributed by atoms with E-state index >= 15 is 0 Å². The van der Waals surface area contributed by atoms with Crippen LogP contribution < -0.4 is 5.32 Å². The van der Waals surface area contributed by atoms with Crippen LogP contribution in [0.25, 0.3) is 5.69 Å². The number of rotatable bonds is 7. The second-order valence-electron chi connectivity index (χ2n) is 7.11. The molecule has 1 N–H and O–H groups in total. The summed E-state index contributed by atoms with van der Waals surface area (Å²) in [6, 6.07) is 5.21. The van der Waals surface area contributed by atoms with Gasteiger partial charge >= 0.3 is 5.97 Å². The molecule has 0 fully saturated rings. The third-order valence-electron chi connectivity index (χ3n) is 4.27. The standard InChI is InChI=1S/C20H25Cl2N3O3/c1-11(2)10-23-20(27)14(5)28-19(26)9-16-12(3)24-25(13(16)4)15-6-7-17(21)18(22)8-15/h6-8,11,14H,9-10H2,1-5H3,(H,23,27). The first-order valence-electron chi connectivity index (χ1n) is 9.07. The van der Waals surface area contributed by atoms with Crippen molar-refractivity contribution in [1.29, 1.82) is 0 Å². The highest BCUT2D eigenvalue weighted by molar-refractivity contribution is 6.42. The number of aromatic nitrogens is 2. The van der Waals surface area contributed by atoms with Crippen LogP contribution in [0.4, 0.5) is 0 Å². The summed E-state index contributed by atoms with van der Waals surface area (Å²) in [7, 11) is 0. The van der Waals surface area contributed by atoms with Gasteiger partial charge in [-0.2, -0.15) is 5.10 Å². The number of aryl methyl sites for hydroxylation is 1. The Balaban J connectivity index is 2.10. The number of nitrogens with zero attached hydrogens (tertiary/aromatic N) is 2. The van der Waals surface area contributed by atoms with E-state index in [9.17, 15) is 9.59 Å². The number of esters is 1. The molecule has 2 aromatic rings. The van der Waals surface area contributed by atoms with Gasteiger partial charge in [0.15, 0.2) is 6.10 Å². The number of nitrogens with one attached hydrogen (secondary N) is 1. The lowest BCUT2D eigenvalue weighted by atomic mass is 10.1. The Morgan fingerprint density at radius 1 is 1.18 bits per heavy atom. The number of carbonyl (C=O) groups is 2. The molecule has 0 aliphatic rings. The van der Waals surface area contributed by atoms with Crippen molar-refractivity contribution in [3.63, 3.8) is 0 Å².